The van der Waals surface area contributed by atoms with E-state index in [0.717, 1.165) is 65.0 Å². The van der Waals surface area contributed by atoms with Crippen molar-refractivity contribution in [1.82, 2.24) is 9.61 Å². The Morgan fingerprint density at radius 3 is 2.41 bits per heavy atom. The van der Waals surface area contributed by atoms with Gasteiger partial charge in [-0.05, 0) is 42.9 Å². The van der Waals surface area contributed by atoms with Crippen LogP contribution in [0.5, 0.6) is 17.4 Å². The fraction of sp³-hybridized carbons (Fsp3) is 0.560. The van der Waals surface area contributed by atoms with Gasteiger partial charge < -0.3 is 28.6 Å². The zero-order valence-corrected chi connectivity index (χ0v) is 21.2. The molecule has 0 radical (unpaired) electrons. The highest BCUT2D eigenvalue weighted by Crippen LogP contribution is 2.46. The molecule has 0 amide bonds. The number of nitrogens with zero attached hydrogens (tertiary/aromatic N) is 3. The van der Waals surface area contributed by atoms with Gasteiger partial charge in [0.15, 0.2) is 0 Å². The molecule has 0 N–H and O–H groups in total. The monoisotopic (exact) mass is 487 g/mol. The molecular formula is C25H33N3O5S. The second kappa shape index (κ2) is 10.0. The van der Waals surface area contributed by atoms with Gasteiger partial charge in [0.05, 0.1) is 51.8 Å². The molecule has 2 aromatic heterocycles. The summed E-state index contributed by atoms with van der Waals surface area (Å²) >= 11 is 1.67. The molecule has 9 heteroatoms. The van der Waals surface area contributed by atoms with Crippen LogP contribution < -0.4 is 19.1 Å². The van der Waals surface area contributed by atoms with Crippen LogP contribution in [0.4, 0.5) is 5.69 Å². The van der Waals surface area contributed by atoms with E-state index in [4.69, 9.17) is 28.8 Å². The molecule has 2 aliphatic rings. The lowest BCUT2D eigenvalue weighted by Crippen LogP contribution is -2.41. The standard InChI is InChI=1S/C25H33N3O5S/c1-29-13-17-10-20(30-2)22(21(11-17)31-3)19-15-34-25-23(24(32-4)26-28(19)25)27(12-16-6-5-7-16)18-8-9-33-14-18/h10-11,15-16,18H,5-9,12-14H2,1-4H3. The summed E-state index contributed by atoms with van der Waals surface area (Å²) in [5.41, 5.74) is 3.82. The van der Waals surface area contributed by atoms with E-state index in [-0.39, 0.29) is 0 Å². The second-order valence-electron chi connectivity index (χ2n) is 8.97. The van der Waals surface area contributed by atoms with Crippen LogP contribution in [0.25, 0.3) is 16.1 Å². The Hall–Kier alpha value is -2.49. The number of anilines is 1. The number of benzene rings is 1. The smallest absolute Gasteiger partial charge is 0.258 e. The van der Waals surface area contributed by atoms with E-state index in [2.05, 4.69) is 10.3 Å². The van der Waals surface area contributed by atoms with Crippen molar-refractivity contribution in [3.63, 3.8) is 0 Å². The Labute approximate surface area is 204 Å². The van der Waals surface area contributed by atoms with E-state index in [9.17, 15) is 0 Å². The topological polar surface area (TPSA) is 66.7 Å². The molecular weight excluding hydrogens is 454 g/mol. The number of methoxy groups -OCH3 is 4. The SMILES string of the molecule is COCc1cc(OC)c(-c2csc3c(N(CC4CCC4)C4CCOC4)c(OC)nn23)c(OC)c1. The highest BCUT2D eigenvalue weighted by Gasteiger charge is 2.34. The molecule has 3 heterocycles. The Morgan fingerprint density at radius 2 is 1.85 bits per heavy atom. The van der Waals surface area contributed by atoms with E-state index < -0.39 is 0 Å². The van der Waals surface area contributed by atoms with Gasteiger partial charge in [0, 0.05) is 25.6 Å². The van der Waals surface area contributed by atoms with E-state index in [1.165, 1.54) is 19.3 Å². The van der Waals surface area contributed by atoms with Crippen LogP contribution in [-0.2, 0) is 16.1 Å². The average Bonchev–Trinajstić information content (AvgIpc) is 3.56. The molecule has 184 valence electrons. The Bertz CT molecular complexity index is 1110. The zero-order chi connectivity index (χ0) is 23.7. The number of aromatic nitrogens is 2. The van der Waals surface area contributed by atoms with Crippen molar-refractivity contribution in [3.05, 3.63) is 23.1 Å². The molecule has 3 aromatic rings. The summed E-state index contributed by atoms with van der Waals surface area (Å²) in [6.45, 7) is 3.03. The number of fused-ring (bicyclic) bond motifs is 1. The van der Waals surface area contributed by atoms with E-state index in [1.807, 2.05) is 16.6 Å². The summed E-state index contributed by atoms with van der Waals surface area (Å²) in [4.78, 5) is 3.55. The molecule has 34 heavy (non-hydrogen) atoms. The van der Waals surface area contributed by atoms with Crippen LogP contribution >= 0.6 is 11.3 Å². The maximum atomic E-state index is 5.83. The third-order valence-corrected chi connectivity index (χ3v) is 7.87. The highest BCUT2D eigenvalue weighted by molar-refractivity contribution is 7.16. The first kappa shape index (κ1) is 23.3. The lowest BCUT2D eigenvalue weighted by atomic mass is 9.84. The van der Waals surface area contributed by atoms with Gasteiger partial charge in [0.2, 0.25) is 0 Å². The van der Waals surface area contributed by atoms with Crippen molar-refractivity contribution in [1.29, 1.82) is 0 Å². The summed E-state index contributed by atoms with van der Waals surface area (Å²) in [6, 6.07) is 4.32. The number of rotatable bonds is 10. The summed E-state index contributed by atoms with van der Waals surface area (Å²) in [5, 5.41) is 7.03. The lowest BCUT2D eigenvalue weighted by molar-refractivity contribution is 0.184. The summed E-state index contributed by atoms with van der Waals surface area (Å²) in [7, 11) is 6.72. The van der Waals surface area contributed by atoms with Crippen LogP contribution in [-0.4, -0.2) is 63.9 Å². The molecule has 1 atom stereocenters. The molecule has 1 saturated heterocycles. The maximum absolute atomic E-state index is 5.83. The van der Waals surface area contributed by atoms with Gasteiger partial charge in [-0.15, -0.1) is 16.4 Å². The number of hydrogen-bond donors (Lipinski definition) is 0. The van der Waals surface area contributed by atoms with Gasteiger partial charge >= 0.3 is 0 Å². The Balaban J connectivity index is 1.63. The van der Waals surface area contributed by atoms with Crippen molar-refractivity contribution in [2.75, 3.05) is 53.1 Å². The molecule has 1 saturated carbocycles. The Kier molecular flexibility index (Phi) is 6.85. The third-order valence-electron chi connectivity index (χ3n) is 6.94. The van der Waals surface area contributed by atoms with Crippen LogP contribution in [0.2, 0.25) is 0 Å². The fourth-order valence-corrected chi connectivity index (χ4v) is 5.96. The number of hydrogen-bond acceptors (Lipinski definition) is 8. The van der Waals surface area contributed by atoms with Gasteiger partial charge in [-0.1, -0.05) is 6.42 Å². The van der Waals surface area contributed by atoms with Gasteiger partial charge in [0.1, 0.15) is 22.0 Å². The van der Waals surface area contributed by atoms with E-state index in [0.29, 0.717) is 24.4 Å². The molecule has 1 aromatic carbocycles. The van der Waals surface area contributed by atoms with Gasteiger partial charge in [-0.25, -0.2) is 4.52 Å². The second-order valence-corrected chi connectivity index (χ2v) is 9.83. The summed E-state index contributed by atoms with van der Waals surface area (Å²) < 4.78 is 30.5. The van der Waals surface area contributed by atoms with Crippen molar-refractivity contribution in [2.45, 2.75) is 38.3 Å². The molecule has 8 nitrogen and oxygen atoms in total. The van der Waals surface area contributed by atoms with Crippen LogP contribution in [0, 0.1) is 5.92 Å². The minimum atomic E-state index is 0.338. The largest absolute Gasteiger partial charge is 0.496 e. The van der Waals surface area contributed by atoms with E-state index >= 15 is 0 Å². The summed E-state index contributed by atoms with van der Waals surface area (Å²) in [6.07, 6.45) is 4.92. The first-order valence-corrected chi connectivity index (χ1v) is 12.7. The Morgan fingerprint density at radius 1 is 1.09 bits per heavy atom. The molecule has 2 fully saturated rings. The summed E-state index contributed by atoms with van der Waals surface area (Å²) in [5.74, 6) is 2.80. The highest BCUT2D eigenvalue weighted by atomic mass is 32.1. The van der Waals surface area contributed by atoms with Crippen LogP contribution in [0.1, 0.15) is 31.2 Å². The maximum Gasteiger partial charge on any atom is 0.258 e. The minimum Gasteiger partial charge on any atom is -0.496 e. The molecule has 5 rings (SSSR count). The molecule has 0 spiro atoms. The van der Waals surface area contributed by atoms with Gasteiger partial charge in [-0.3, -0.25) is 0 Å². The predicted octanol–water partition coefficient (Wildman–Crippen LogP) is 4.63. The van der Waals surface area contributed by atoms with Crippen molar-refractivity contribution < 1.29 is 23.7 Å². The first-order chi connectivity index (χ1) is 16.7. The van der Waals surface area contributed by atoms with Crippen molar-refractivity contribution in [3.8, 4) is 28.6 Å². The quantitative estimate of drug-likeness (QED) is 0.413. The number of ether oxygens (including phenoxy) is 5. The molecule has 1 aliphatic heterocycles. The normalized spacial score (nSPS) is 18.3. The molecule has 1 unspecified atom stereocenters. The van der Waals surface area contributed by atoms with Gasteiger partial charge in [-0.2, -0.15) is 0 Å². The van der Waals surface area contributed by atoms with Gasteiger partial charge in [0.25, 0.3) is 5.88 Å². The minimum absolute atomic E-state index is 0.338. The first-order valence-electron chi connectivity index (χ1n) is 11.8. The number of thiazole rings is 1. The third kappa shape index (κ3) is 4.10. The van der Waals surface area contributed by atoms with Crippen molar-refractivity contribution >= 4 is 21.9 Å². The molecule has 1 aliphatic carbocycles. The van der Waals surface area contributed by atoms with Crippen LogP contribution in [0.15, 0.2) is 17.5 Å². The molecule has 0 bridgehead atoms. The zero-order valence-electron chi connectivity index (χ0n) is 20.3. The van der Waals surface area contributed by atoms with E-state index in [1.54, 1.807) is 39.8 Å². The lowest BCUT2D eigenvalue weighted by Gasteiger charge is -2.36. The van der Waals surface area contributed by atoms with Crippen LogP contribution in [0.3, 0.4) is 0 Å². The average molecular weight is 488 g/mol. The van der Waals surface area contributed by atoms with Crippen molar-refractivity contribution in [2.24, 2.45) is 5.92 Å². The fourth-order valence-electron chi connectivity index (χ4n) is 4.97. The predicted molar refractivity (Wildman–Crippen MR) is 133 cm³/mol.